The zero-order chi connectivity index (χ0) is 17.1. The molecule has 4 rings (SSSR count). The van der Waals surface area contributed by atoms with Crippen LogP contribution in [0, 0.1) is 0 Å². The number of pyridine rings is 1. The van der Waals surface area contributed by atoms with Gasteiger partial charge in [-0.15, -0.1) is 12.4 Å². The van der Waals surface area contributed by atoms with Crippen molar-refractivity contribution < 1.29 is 0 Å². The Balaban J connectivity index is 0.00000196. The van der Waals surface area contributed by atoms with Crippen LogP contribution in [0.3, 0.4) is 0 Å². The Bertz CT molecular complexity index is 842. The predicted octanol–water partition coefficient (Wildman–Crippen LogP) is 3.44. The molecule has 0 saturated carbocycles. The summed E-state index contributed by atoms with van der Waals surface area (Å²) in [5.41, 5.74) is 9.29. The number of para-hydroxylation sites is 1. The Labute approximate surface area is 161 Å². The summed E-state index contributed by atoms with van der Waals surface area (Å²) in [5, 5.41) is 1.20. The Morgan fingerprint density at radius 1 is 0.808 bits per heavy atom. The molecule has 2 heterocycles. The van der Waals surface area contributed by atoms with Crippen molar-refractivity contribution in [1.29, 1.82) is 0 Å². The molecule has 1 saturated heterocycles. The Kier molecular flexibility index (Phi) is 6.09. The molecule has 0 bridgehead atoms. The Morgan fingerprint density at radius 3 is 2.23 bits per heavy atom. The summed E-state index contributed by atoms with van der Waals surface area (Å²) in [4.78, 5) is 9.72. The van der Waals surface area contributed by atoms with Crippen LogP contribution in [0.2, 0.25) is 0 Å². The third kappa shape index (κ3) is 4.15. The molecule has 136 valence electrons. The van der Waals surface area contributed by atoms with Crippen LogP contribution >= 0.6 is 12.4 Å². The SMILES string of the molecule is Cl.NCc1ccc(CN2CCN(c3ccc4ccccc4n3)CC2)cc1. The van der Waals surface area contributed by atoms with Gasteiger partial charge >= 0.3 is 0 Å². The molecule has 2 N–H and O–H groups in total. The molecule has 0 aliphatic carbocycles. The number of aromatic nitrogens is 1. The number of fused-ring (bicyclic) bond motifs is 1. The van der Waals surface area contributed by atoms with Gasteiger partial charge in [-0.3, -0.25) is 4.90 Å². The van der Waals surface area contributed by atoms with Gasteiger partial charge in [0.1, 0.15) is 5.82 Å². The highest BCUT2D eigenvalue weighted by atomic mass is 35.5. The fourth-order valence-corrected chi connectivity index (χ4v) is 3.41. The molecule has 1 aromatic heterocycles. The minimum atomic E-state index is 0. The van der Waals surface area contributed by atoms with Crippen LogP contribution < -0.4 is 10.6 Å². The van der Waals surface area contributed by atoms with Crippen molar-refractivity contribution in [2.45, 2.75) is 13.1 Å². The second-order valence-electron chi connectivity index (χ2n) is 6.65. The standard InChI is InChI=1S/C21H24N4.ClH/c22-15-17-5-7-18(8-6-17)16-24-11-13-25(14-12-24)21-10-9-19-3-1-2-4-20(19)23-21;/h1-10H,11-16,22H2;1H. The smallest absolute Gasteiger partial charge is 0.129 e. The lowest BCUT2D eigenvalue weighted by Gasteiger charge is -2.35. The molecule has 26 heavy (non-hydrogen) atoms. The average molecular weight is 369 g/mol. The summed E-state index contributed by atoms with van der Waals surface area (Å²) in [5.74, 6) is 1.09. The van der Waals surface area contributed by atoms with Crippen molar-refractivity contribution in [3.63, 3.8) is 0 Å². The number of rotatable bonds is 4. The number of hydrogen-bond donors (Lipinski definition) is 1. The molecule has 1 aliphatic heterocycles. The molecule has 0 atom stereocenters. The molecule has 0 radical (unpaired) electrons. The fourth-order valence-electron chi connectivity index (χ4n) is 3.41. The van der Waals surface area contributed by atoms with E-state index in [9.17, 15) is 0 Å². The van der Waals surface area contributed by atoms with Gasteiger partial charge in [-0.25, -0.2) is 4.98 Å². The lowest BCUT2D eigenvalue weighted by molar-refractivity contribution is 0.249. The van der Waals surface area contributed by atoms with Crippen LogP contribution in [0.1, 0.15) is 11.1 Å². The first kappa shape index (κ1) is 18.6. The number of anilines is 1. The number of hydrogen-bond acceptors (Lipinski definition) is 4. The highest BCUT2D eigenvalue weighted by molar-refractivity contribution is 5.85. The van der Waals surface area contributed by atoms with E-state index in [-0.39, 0.29) is 12.4 Å². The van der Waals surface area contributed by atoms with Crippen LogP contribution in [0.4, 0.5) is 5.82 Å². The zero-order valence-electron chi connectivity index (χ0n) is 14.8. The van der Waals surface area contributed by atoms with Gasteiger partial charge in [-0.2, -0.15) is 0 Å². The lowest BCUT2D eigenvalue weighted by Crippen LogP contribution is -2.46. The number of halogens is 1. The highest BCUT2D eigenvalue weighted by Crippen LogP contribution is 2.19. The molecule has 1 fully saturated rings. The van der Waals surface area contributed by atoms with Crippen molar-refractivity contribution in [2.24, 2.45) is 5.73 Å². The first-order valence-corrected chi connectivity index (χ1v) is 8.93. The molecule has 0 unspecified atom stereocenters. The second kappa shape index (κ2) is 8.49. The maximum Gasteiger partial charge on any atom is 0.129 e. The summed E-state index contributed by atoms with van der Waals surface area (Å²) in [6.07, 6.45) is 0. The van der Waals surface area contributed by atoms with Crippen molar-refractivity contribution in [1.82, 2.24) is 9.88 Å². The summed E-state index contributed by atoms with van der Waals surface area (Å²) in [6, 6.07) is 21.3. The van der Waals surface area contributed by atoms with E-state index in [0.29, 0.717) is 6.54 Å². The fraction of sp³-hybridized carbons (Fsp3) is 0.286. The monoisotopic (exact) mass is 368 g/mol. The van der Waals surface area contributed by atoms with Gasteiger partial charge in [0.15, 0.2) is 0 Å². The lowest BCUT2D eigenvalue weighted by atomic mass is 10.1. The minimum absolute atomic E-state index is 0. The number of benzene rings is 2. The van der Waals surface area contributed by atoms with Crippen LogP contribution in [0.15, 0.2) is 60.7 Å². The normalized spacial score (nSPS) is 15.0. The van der Waals surface area contributed by atoms with Crippen LogP contribution in [-0.4, -0.2) is 36.1 Å². The Morgan fingerprint density at radius 2 is 1.50 bits per heavy atom. The number of nitrogens with two attached hydrogens (primary N) is 1. The third-order valence-electron chi connectivity index (χ3n) is 4.94. The van der Waals surface area contributed by atoms with Gasteiger partial charge < -0.3 is 10.6 Å². The number of piperazine rings is 1. The minimum Gasteiger partial charge on any atom is -0.354 e. The molecule has 4 nitrogen and oxygen atoms in total. The molecule has 1 aliphatic rings. The summed E-state index contributed by atoms with van der Waals surface area (Å²) in [7, 11) is 0. The molecule has 0 spiro atoms. The predicted molar refractivity (Wildman–Crippen MR) is 111 cm³/mol. The molecule has 0 amide bonds. The van der Waals surface area contributed by atoms with E-state index in [2.05, 4.69) is 64.4 Å². The van der Waals surface area contributed by atoms with E-state index >= 15 is 0 Å². The molecule has 2 aromatic carbocycles. The van der Waals surface area contributed by atoms with Crippen LogP contribution in [0.5, 0.6) is 0 Å². The summed E-state index contributed by atoms with van der Waals surface area (Å²) in [6.45, 7) is 5.78. The quantitative estimate of drug-likeness (QED) is 0.766. The average Bonchev–Trinajstić information content (AvgIpc) is 2.69. The molecule has 5 heteroatoms. The molecular weight excluding hydrogens is 344 g/mol. The second-order valence-corrected chi connectivity index (χ2v) is 6.65. The van der Waals surface area contributed by atoms with E-state index in [1.165, 1.54) is 16.5 Å². The van der Waals surface area contributed by atoms with Gasteiger partial charge in [-0.05, 0) is 29.3 Å². The van der Waals surface area contributed by atoms with E-state index < -0.39 is 0 Å². The van der Waals surface area contributed by atoms with E-state index in [4.69, 9.17) is 10.7 Å². The zero-order valence-corrected chi connectivity index (χ0v) is 15.7. The first-order chi connectivity index (χ1) is 12.3. The molecular formula is C21H25ClN4. The van der Waals surface area contributed by atoms with Gasteiger partial charge in [-0.1, -0.05) is 42.5 Å². The van der Waals surface area contributed by atoms with Crippen molar-refractivity contribution >= 4 is 29.1 Å². The van der Waals surface area contributed by atoms with E-state index in [1.54, 1.807) is 0 Å². The summed E-state index contributed by atoms with van der Waals surface area (Å²) >= 11 is 0. The van der Waals surface area contributed by atoms with Crippen molar-refractivity contribution in [2.75, 3.05) is 31.1 Å². The topological polar surface area (TPSA) is 45.4 Å². The first-order valence-electron chi connectivity index (χ1n) is 8.93. The van der Waals surface area contributed by atoms with Crippen LogP contribution in [-0.2, 0) is 13.1 Å². The third-order valence-corrected chi connectivity index (χ3v) is 4.94. The highest BCUT2D eigenvalue weighted by Gasteiger charge is 2.18. The molecule has 3 aromatic rings. The van der Waals surface area contributed by atoms with Crippen LogP contribution in [0.25, 0.3) is 10.9 Å². The van der Waals surface area contributed by atoms with Gasteiger partial charge in [0.2, 0.25) is 0 Å². The van der Waals surface area contributed by atoms with E-state index in [1.807, 2.05) is 6.07 Å². The summed E-state index contributed by atoms with van der Waals surface area (Å²) < 4.78 is 0. The number of nitrogens with zero attached hydrogens (tertiary/aromatic N) is 3. The largest absolute Gasteiger partial charge is 0.354 e. The maximum absolute atomic E-state index is 5.67. The van der Waals surface area contributed by atoms with E-state index in [0.717, 1.165) is 44.1 Å². The maximum atomic E-state index is 5.67. The van der Waals surface area contributed by atoms with Gasteiger partial charge in [0.05, 0.1) is 5.52 Å². The van der Waals surface area contributed by atoms with Crippen molar-refractivity contribution in [3.05, 3.63) is 71.8 Å². The Hall–Kier alpha value is -2.14. The van der Waals surface area contributed by atoms with Crippen molar-refractivity contribution in [3.8, 4) is 0 Å². The van der Waals surface area contributed by atoms with Gasteiger partial charge in [0, 0.05) is 44.7 Å². The van der Waals surface area contributed by atoms with Gasteiger partial charge in [0.25, 0.3) is 0 Å².